The normalized spacial score (nSPS) is 16.1. The quantitative estimate of drug-likeness (QED) is 0.665. The van der Waals surface area contributed by atoms with Crippen molar-refractivity contribution in [1.82, 2.24) is 19.8 Å². The molecular weight excluding hydrogens is 400 g/mol. The molecule has 3 heterocycles. The van der Waals surface area contributed by atoms with Crippen LogP contribution in [0.3, 0.4) is 0 Å². The van der Waals surface area contributed by atoms with Crippen LogP contribution in [0, 0.1) is 5.41 Å². The van der Waals surface area contributed by atoms with Crippen LogP contribution < -0.4 is 0 Å². The van der Waals surface area contributed by atoms with Crippen molar-refractivity contribution in [2.75, 3.05) is 13.1 Å². The number of carbonyl (C=O) groups excluding carboxylic acids is 2. The first-order chi connectivity index (χ1) is 14.0. The third-order valence-corrected chi connectivity index (χ3v) is 5.64. The van der Waals surface area contributed by atoms with Crippen LogP contribution in [0.15, 0.2) is 29.9 Å². The lowest BCUT2D eigenvalue weighted by Gasteiger charge is -2.37. The van der Waals surface area contributed by atoms with Crippen molar-refractivity contribution >= 4 is 23.3 Å². The van der Waals surface area contributed by atoms with Crippen molar-refractivity contribution in [3.05, 3.63) is 35.6 Å². The molecule has 8 heteroatoms. The number of hydrogen-bond donors (Lipinski definition) is 0. The highest BCUT2D eigenvalue weighted by molar-refractivity contribution is 7.13. The van der Waals surface area contributed by atoms with E-state index < -0.39 is 17.1 Å². The van der Waals surface area contributed by atoms with Crippen molar-refractivity contribution in [2.45, 2.75) is 59.7 Å². The van der Waals surface area contributed by atoms with Gasteiger partial charge in [0.05, 0.1) is 12.2 Å². The van der Waals surface area contributed by atoms with E-state index in [2.05, 4.69) is 9.97 Å². The van der Waals surface area contributed by atoms with Gasteiger partial charge in [-0.25, -0.2) is 14.6 Å². The van der Waals surface area contributed by atoms with Crippen LogP contribution in [0.2, 0.25) is 0 Å². The third-order valence-electron chi connectivity index (χ3n) is 4.70. The Kier molecular flexibility index (Phi) is 6.17. The molecule has 0 saturated carbocycles. The van der Waals surface area contributed by atoms with Crippen LogP contribution in [-0.2, 0) is 16.1 Å². The number of ether oxygens (including phenoxy) is 1. The van der Waals surface area contributed by atoms with Gasteiger partial charge in [0.2, 0.25) is 0 Å². The Morgan fingerprint density at radius 3 is 2.57 bits per heavy atom. The number of thiazole rings is 1. The molecular formula is C22H30N4O3S. The maximum absolute atomic E-state index is 13.2. The summed E-state index contributed by atoms with van der Waals surface area (Å²) >= 11 is 1.53. The molecule has 1 fully saturated rings. The number of carbonyl (C=O) groups is 2. The van der Waals surface area contributed by atoms with E-state index in [4.69, 9.17) is 4.74 Å². The number of pyridine rings is 1. The van der Waals surface area contributed by atoms with Crippen molar-refractivity contribution in [1.29, 1.82) is 0 Å². The molecule has 30 heavy (non-hydrogen) atoms. The van der Waals surface area contributed by atoms with Gasteiger partial charge in [-0.3, -0.25) is 4.98 Å². The van der Waals surface area contributed by atoms with Gasteiger partial charge in [0.25, 0.3) is 0 Å². The van der Waals surface area contributed by atoms with Crippen LogP contribution in [0.1, 0.15) is 47.2 Å². The number of nitrogens with zero attached hydrogens (tertiary/aromatic N) is 4. The van der Waals surface area contributed by atoms with E-state index in [1.807, 2.05) is 59.1 Å². The summed E-state index contributed by atoms with van der Waals surface area (Å²) in [4.78, 5) is 38.2. The first-order valence-electron chi connectivity index (χ1n) is 10.1. The number of hydrogen-bond acceptors (Lipinski definition) is 6. The van der Waals surface area contributed by atoms with Gasteiger partial charge in [-0.2, -0.15) is 0 Å². The molecule has 162 valence electrons. The van der Waals surface area contributed by atoms with Gasteiger partial charge in [-0.1, -0.05) is 20.8 Å². The van der Waals surface area contributed by atoms with Gasteiger partial charge in [-0.15, -0.1) is 11.3 Å². The second-order valence-corrected chi connectivity index (χ2v) is 10.4. The molecule has 3 rings (SSSR count). The monoisotopic (exact) mass is 430 g/mol. The van der Waals surface area contributed by atoms with Crippen LogP contribution in [0.4, 0.5) is 4.79 Å². The molecule has 2 aromatic heterocycles. The van der Waals surface area contributed by atoms with Crippen LogP contribution in [0.5, 0.6) is 0 Å². The van der Waals surface area contributed by atoms with Crippen LogP contribution in [0.25, 0.3) is 10.6 Å². The zero-order valence-corrected chi connectivity index (χ0v) is 19.3. The minimum atomic E-state index is -0.643. The van der Waals surface area contributed by atoms with Crippen molar-refractivity contribution in [3.63, 3.8) is 0 Å². The Balaban J connectivity index is 1.73. The molecule has 2 aromatic rings. The molecule has 0 bridgehead atoms. The van der Waals surface area contributed by atoms with Gasteiger partial charge in [0.1, 0.15) is 16.7 Å². The summed E-state index contributed by atoms with van der Waals surface area (Å²) in [5.74, 6) is -0.363. The van der Waals surface area contributed by atoms with E-state index in [-0.39, 0.29) is 12.0 Å². The minimum Gasteiger partial charge on any atom is -0.458 e. The van der Waals surface area contributed by atoms with E-state index in [1.54, 1.807) is 22.2 Å². The lowest BCUT2D eigenvalue weighted by atomic mass is 9.85. The fourth-order valence-corrected chi connectivity index (χ4v) is 4.29. The molecule has 1 aliphatic heterocycles. The Hall–Kier alpha value is -2.48. The Bertz CT molecular complexity index is 899. The first kappa shape index (κ1) is 22.2. The summed E-state index contributed by atoms with van der Waals surface area (Å²) in [6, 6.07) is 3.04. The van der Waals surface area contributed by atoms with E-state index in [0.29, 0.717) is 19.6 Å². The number of amides is 2. The standard InChI is InChI=1S/C22H30N4O3S/c1-21(2,3)17(19(27)29-22(4,5)6)26-11-10-25(20(26)28)13-16-14-30-18(24-16)15-8-7-9-23-12-15/h7-9,12,14,17H,10-11,13H2,1-6H3/t17-/m1/s1. The van der Waals surface area contributed by atoms with Crippen LogP contribution in [-0.4, -0.2) is 56.5 Å². The molecule has 1 atom stereocenters. The lowest BCUT2D eigenvalue weighted by molar-refractivity contribution is -0.164. The summed E-state index contributed by atoms with van der Waals surface area (Å²) in [6.45, 7) is 12.8. The lowest BCUT2D eigenvalue weighted by Crippen LogP contribution is -2.52. The van der Waals surface area contributed by atoms with Gasteiger partial charge in [-0.05, 0) is 38.3 Å². The predicted octanol–water partition coefficient (Wildman–Crippen LogP) is 4.20. The van der Waals surface area contributed by atoms with Gasteiger partial charge < -0.3 is 14.5 Å². The van der Waals surface area contributed by atoms with Gasteiger partial charge >= 0.3 is 12.0 Å². The molecule has 7 nitrogen and oxygen atoms in total. The molecule has 0 radical (unpaired) electrons. The maximum Gasteiger partial charge on any atom is 0.329 e. The van der Waals surface area contributed by atoms with E-state index in [9.17, 15) is 9.59 Å². The van der Waals surface area contributed by atoms with E-state index in [1.165, 1.54) is 11.3 Å². The highest BCUT2D eigenvalue weighted by Crippen LogP contribution is 2.31. The zero-order chi connectivity index (χ0) is 22.1. The average Bonchev–Trinajstić information content (AvgIpc) is 3.22. The second-order valence-electron chi connectivity index (χ2n) is 9.59. The number of aromatic nitrogens is 2. The minimum absolute atomic E-state index is 0.156. The molecule has 0 aliphatic carbocycles. The fourth-order valence-electron chi connectivity index (χ4n) is 3.49. The summed E-state index contributed by atoms with van der Waals surface area (Å²) in [7, 11) is 0. The van der Waals surface area contributed by atoms with Gasteiger partial charge in [0.15, 0.2) is 0 Å². The summed E-state index contributed by atoms with van der Waals surface area (Å²) in [5.41, 5.74) is 0.744. The molecule has 1 aliphatic rings. The third kappa shape index (κ3) is 5.16. The van der Waals surface area contributed by atoms with Crippen molar-refractivity contribution in [3.8, 4) is 10.6 Å². The SMILES string of the molecule is CC(C)(C)OC(=O)[C@@H](N1CCN(Cc2csc(-c3cccnc3)n2)C1=O)C(C)(C)C. The number of urea groups is 1. The topological polar surface area (TPSA) is 75.6 Å². The second kappa shape index (κ2) is 8.34. The molecule has 0 aromatic carbocycles. The Morgan fingerprint density at radius 1 is 1.23 bits per heavy atom. The zero-order valence-electron chi connectivity index (χ0n) is 18.5. The van der Waals surface area contributed by atoms with Crippen LogP contribution >= 0.6 is 11.3 Å². The molecule has 0 unspecified atom stereocenters. The average molecular weight is 431 g/mol. The van der Waals surface area contributed by atoms with Crippen molar-refractivity contribution < 1.29 is 14.3 Å². The smallest absolute Gasteiger partial charge is 0.329 e. The summed E-state index contributed by atoms with van der Waals surface area (Å²) in [6.07, 6.45) is 3.51. The highest BCUT2D eigenvalue weighted by atomic mass is 32.1. The molecule has 1 saturated heterocycles. The Morgan fingerprint density at radius 2 is 1.97 bits per heavy atom. The van der Waals surface area contributed by atoms with Gasteiger partial charge in [0, 0.05) is 36.4 Å². The first-order valence-corrected chi connectivity index (χ1v) is 11.0. The molecule has 0 spiro atoms. The highest BCUT2D eigenvalue weighted by Gasteiger charge is 2.45. The maximum atomic E-state index is 13.2. The predicted molar refractivity (Wildman–Crippen MR) is 117 cm³/mol. The number of rotatable bonds is 5. The molecule has 2 amide bonds. The van der Waals surface area contributed by atoms with Crippen molar-refractivity contribution in [2.24, 2.45) is 5.41 Å². The van der Waals surface area contributed by atoms with E-state index >= 15 is 0 Å². The van der Waals surface area contributed by atoms with E-state index in [0.717, 1.165) is 16.3 Å². The largest absolute Gasteiger partial charge is 0.458 e. The summed E-state index contributed by atoms with van der Waals surface area (Å²) in [5, 5.41) is 2.84. The molecule has 0 N–H and O–H groups in total. The number of esters is 1. The summed E-state index contributed by atoms with van der Waals surface area (Å²) < 4.78 is 5.63. The fraction of sp³-hybridized carbons (Fsp3) is 0.545. The Labute approximate surface area is 182 Å².